The number of rotatable bonds is 8. The first-order chi connectivity index (χ1) is 16.0. The molecule has 4 rings (SSSR count). The number of anilines is 1. The number of fused-ring (bicyclic) bond motifs is 1. The molecule has 1 aromatic heterocycles. The van der Waals surface area contributed by atoms with Crippen LogP contribution in [0.25, 0.3) is 0 Å². The van der Waals surface area contributed by atoms with Gasteiger partial charge in [-0.25, -0.2) is 9.48 Å². The van der Waals surface area contributed by atoms with Crippen molar-refractivity contribution in [1.82, 2.24) is 14.8 Å². The smallest absolute Gasteiger partial charge is 0.338 e. The summed E-state index contributed by atoms with van der Waals surface area (Å²) in [5.41, 5.74) is 2.79. The van der Waals surface area contributed by atoms with Gasteiger partial charge in [0.1, 0.15) is 19.0 Å². The Balaban J connectivity index is 1.67. The number of esters is 1. The third kappa shape index (κ3) is 4.66. The van der Waals surface area contributed by atoms with Crippen molar-refractivity contribution >= 4 is 23.5 Å². The molecular formula is C24H25ClN4O4. The molecule has 0 bridgehead atoms. The van der Waals surface area contributed by atoms with Gasteiger partial charge in [0, 0.05) is 16.3 Å². The van der Waals surface area contributed by atoms with E-state index in [0.29, 0.717) is 47.0 Å². The van der Waals surface area contributed by atoms with Gasteiger partial charge >= 0.3 is 5.97 Å². The molecule has 2 aromatic carbocycles. The molecule has 0 amide bonds. The van der Waals surface area contributed by atoms with Crippen LogP contribution in [0.15, 0.2) is 60.1 Å². The quantitative estimate of drug-likeness (QED) is 0.477. The molecule has 172 valence electrons. The first-order valence-corrected chi connectivity index (χ1v) is 11.0. The van der Waals surface area contributed by atoms with Crippen molar-refractivity contribution in [3.05, 3.63) is 76.2 Å². The zero-order valence-corrected chi connectivity index (χ0v) is 19.4. The SMILES string of the molecule is CCCOC(=O)C1=C(C)Nc2ncnn2C1c1ccc(OCc2ccccc2Cl)c(OC)c1. The van der Waals surface area contributed by atoms with E-state index in [1.54, 1.807) is 11.8 Å². The van der Waals surface area contributed by atoms with Crippen molar-refractivity contribution in [3.8, 4) is 11.5 Å². The normalized spacial score (nSPS) is 15.0. The summed E-state index contributed by atoms with van der Waals surface area (Å²) in [5.74, 6) is 1.23. The molecular weight excluding hydrogens is 444 g/mol. The minimum absolute atomic E-state index is 0.295. The summed E-state index contributed by atoms with van der Waals surface area (Å²) in [6.07, 6.45) is 2.18. The number of nitrogens with zero attached hydrogens (tertiary/aromatic N) is 3. The highest BCUT2D eigenvalue weighted by Crippen LogP contribution is 2.39. The summed E-state index contributed by atoms with van der Waals surface area (Å²) in [4.78, 5) is 17.2. The average Bonchev–Trinajstić information content (AvgIpc) is 3.29. The van der Waals surface area contributed by atoms with Gasteiger partial charge in [-0.1, -0.05) is 42.8 Å². The van der Waals surface area contributed by atoms with Crippen LogP contribution in [0.3, 0.4) is 0 Å². The maximum Gasteiger partial charge on any atom is 0.338 e. The van der Waals surface area contributed by atoms with E-state index < -0.39 is 12.0 Å². The fourth-order valence-corrected chi connectivity index (χ4v) is 3.87. The maximum atomic E-state index is 12.9. The second-order valence-electron chi connectivity index (χ2n) is 7.52. The number of benzene rings is 2. The Kier molecular flexibility index (Phi) is 6.84. The van der Waals surface area contributed by atoms with Crippen LogP contribution < -0.4 is 14.8 Å². The van der Waals surface area contributed by atoms with Gasteiger partial charge in [0.2, 0.25) is 5.95 Å². The number of aromatic nitrogens is 3. The van der Waals surface area contributed by atoms with Crippen LogP contribution in [-0.2, 0) is 16.1 Å². The van der Waals surface area contributed by atoms with E-state index in [2.05, 4.69) is 15.4 Å². The molecule has 33 heavy (non-hydrogen) atoms. The van der Waals surface area contributed by atoms with Gasteiger partial charge in [-0.2, -0.15) is 10.1 Å². The number of nitrogens with one attached hydrogen (secondary N) is 1. The van der Waals surface area contributed by atoms with Gasteiger partial charge in [0.15, 0.2) is 11.5 Å². The first kappa shape index (κ1) is 22.7. The number of carbonyl (C=O) groups is 1. The molecule has 1 N–H and O–H groups in total. The number of ether oxygens (including phenoxy) is 3. The number of methoxy groups -OCH3 is 1. The fourth-order valence-electron chi connectivity index (χ4n) is 3.68. The van der Waals surface area contributed by atoms with E-state index in [1.165, 1.54) is 6.33 Å². The molecule has 0 saturated heterocycles. The summed E-state index contributed by atoms with van der Waals surface area (Å²) in [6.45, 7) is 4.41. The van der Waals surface area contributed by atoms with E-state index in [4.69, 9.17) is 25.8 Å². The highest BCUT2D eigenvalue weighted by Gasteiger charge is 2.34. The van der Waals surface area contributed by atoms with Crippen LogP contribution in [-0.4, -0.2) is 34.5 Å². The van der Waals surface area contributed by atoms with Crippen molar-refractivity contribution in [2.45, 2.75) is 32.9 Å². The maximum absolute atomic E-state index is 12.9. The fraction of sp³-hybridized carbons (Fsp3) is 0.292. The number of carbonyl (C=O) groups excluding carboxylic acids is 1. The average molecular weight is 469 g/mol. The van der Waals surface area contributed by atoms with Crippen LogP contribution in [0, 0.1) is 0 Å². The lowest BCUT2D eigenvalue weighted by atomic mass is 9.95. The molecule has 8 nitrogen and oxygen atoms in total. The van der Waals surface area contributed by atoms with Crippen LogP contribution in [0.2, 0.25) is 5.02 Å². The monoisotopic (exact) mass is 468 g/mol. The van der Waals surface area contributed by atoms with Crippen molar-refractivity contribution in [2.75, 3.05) is 19.0 Å². The molecule has 1 atom stereocenters. The number of halogens is 1. The Bertz CT molecular complexity index is 1190. The third-order valence-electron chi connectivity index (χ3n) is 5.30. The minimum atomic E-state index is -0.528. The summed E-state index contributed by atoms with van der Waals surface area (Å²) in [5, 5.41) is 8.11. The molecule has 9 heteroatoms. The number of hydrogen-bond donors (Lipinski definition) is 1. The van der Waals surface area contributed by atoms with Crippen molar-refractivity contribution in [1.29, 1.82) is 0 Å². The van der Waals surface area contributed by atoms with Crippen LogP contribution >= 0.6 is 11.6 Å². The lowest BCUT2D eigenvalue weighted by Crippen LogP contribution is -2.29. The summed E-state index contributed by atoms with van der Waals surface area (Å²) in [6, 6.07) is 12.5. The molecule has 0 spiro atoms. The minimum Gasteiger partial charge on any atom is -0.493 e. The highest BCUT2D eigenvalue weighted by molar-refractivity contribution is 6.31. The second kappa shape index (κ2) is 9.95. The Morgan fingerprint density at radius 3 is 2.79 bits per heavy atom. The summed E-state index contributed by atoms with van der Waals surface area (Å²) >= 11 is 6.24. The number of hydrogen-bond acceptors (Lipinski definition) is 7. The van der Waals surface area contributed by atoms with Gasteiger partial charge in [-0.15, -0.1) is 0 Å². The van der Waals surface area contributed by atoms with Gasteiger partial charge in [0.05, 0.1) is 19.3 Å². The topological polar surface area (TPSA) is 87.5 Å². The van der Waals surface area contributed by atoms with E-state index in [-0.39, 0.29) is 0 Å². The predicted molar refractivity (Wildman–Crippen MR) is 125 cm³/mol. The van der Waals surface area contributed by atoms with Gasteiger partial charge in [-0.05, 0) is 37.1 Å². The molecule has 0 radical (unpaired) electrons. The second-order valence-corrected chi connectivity index (χ2v) is 7.93. The zero-order chi connectivity index (χ0) is 23.4. The van der Waals surface area contributed by atoms with Gasteiger partial charge in [0.25, 0.3) is 0 Å². The van der Waals surface area contributed by atoms with Crippen molar-refractivity contribution in [2.24, 2.45) is 0 Å². The Morgan fingerprint density at radius 2 is 2.03 bits per heavy atom. The van der Waals surface area contributed by atoms with E-state index in [9.17, 15) is 4.79 Å². The standard InChI is InChI=1S/C24H25ClN4O4/c1-4-11-32-23(30)21-15(2)28-24-26-14-27-29(24)22(21)16-9-10-19(20(12-16)31-3)33-13-17-7-5-6-8-18(17)25/h5-10,12,14,22H,4,11,13H2,1-3H3,(H,26,27,28). The Morgan fingerprint density at radius 1 is 1.21 bits per heavy atom. The molecule has 1 aliphatic rings. The Labute approximate surface area is 197 Å². The van der Waals surface area contributed by atoms with Gasteiger partial charge in [-0.3, -0.25) is 0 Å². The summed E-state index contributed by atoms with van der Waals surface area (Å²) in [7, 11) is 1.57. The molecule has 2 heterocycles. The zero-order valence-electron chi connectivity index (χ0n) is 18.7. The van der Waals surface area contributed by atoms with Crippen molar-refractivity contribution in [3.63, 3.8) is 0 Å². The molecule has 1 unspecified atom stereocenters. The van der Waals surface area contributed by atoms with E-state index in [1.807, 2.05) is 56.3 Å². The van der Waals surface area contributed by atoms with Gasteiger partial charge < -0.3 is 19.5 Å². The van der Waals surface area contributed by atoms with Crippen LogP contribution in [0.5, 0.6) is 11.5 Å². The lowest BCUT2D eigenvalue weighted by Gasteiger charge is -2.28. The predicted octanol–water partition coefficient (Wildman–Crippen LogP) is 4.76. The molecule has 0 fully saturated rings. The Hall–Kier alpha value is -3.52. The molecule has 3 aromatic rings. The molecule has 0 aliphatic carbocycles. The third-order valence-corrected chi connectivity index (χ3v) is 5.66. The van der Waals surface area contributed by atoms with E-state index >= 15 is 0 Å². The van der Waals surface area contributed by atoms with Crippen molar-refractivity contribution < 1.29 is 19.0 Å². The lowest BCUT2D eigenvalue weighted by molar-refractivity contribution is -0.139. The molecule has 1 aliphatic heterocycles. The molecule has 0 saturated carbocycles. The van der Waals surface area contributed by atoms with Crippen LogP contribution in [0.1, 0.15) is 37.4 Å². The highest BCUT2D eigenvalue weighted by atomic mass is 35.5. The largest absolute Gasteiger partial charge is 0.493 e. The first-order valence-electron chi connectivity index (χ1n) is 10.6. The number of allylic oxidation sites excluding steroid dienone is 1. The van der Waals surface area contributed by atoms with Crippen LogP contribution in [0.4, 0.5) is 5.95 Å². The summed E-state index contributed by atoms with van der Waals surface area (Å²) < 4.78 is 18.7. The van der Waals surface area contributed by atoms with E-state index in [0.717, 1.165) is 17.5 Å².